The van der Waals surface area contributed by atoms with Gasteiger partial charge in [-0.2, -0.15) is 0 Å². The van der Waals surface area contributed by atoms with Crippen molar-refractivity contribution in [2.45, 2.75) is 38.1 Å². The van der Waals surface area contributed by atoms with E-state index < -0.39 is 0 Å². The Hall–Kier alpha value is -0.900. The van der Waals surface area contributed by atoms with Gasteiger partial charge in [-0.25, -0.2) is 0 Å². The molecule has 3 heteroatoms. The van der Waals surface area contributed by atoms with Crippen LogP contribution in [0, 0.1) is 0 Å². The van der Waals surface area contributed by atoms with Gasteiger partial charge in [-0.05, 0) is 24.0 Å². The van der Waals surface area contributed by atoms with Crippen molar-refractivity contribution in [1.29, 1.82) is 0 Å². The second-order valence-corrected chi connectivity index (χ2v) is 5.13. The van der Waals surface area contributed by atoms with Gasteiger partial charge in [0.2, 0.25) is 0 Å². The molecule has 0 amide bonds. The SMILES string of the molecule is NCC1CCC(CN2Cc3ccccc3C2)O1. The molecular weight excluding hydrogens is 212 g/mol. The van der Waals surface area contributed by atoms with Crippen LogP contribution in [-0.4, -0.2) is 30.2 Å². The van der Waals surface area contributed by atoms with Crippen LogP contribution in [0.2, 0.25) is 0 Å². The summed E-state index contributed by atoms with van der Waals surface area (Å²) >= 11 is 0. The fourth-order valence-corrected chi connectivity index (χ4v) is 2.91. The Labute approximate surface area is 103 Å². The highest BCUT2D eigenvalue weighted by atomic mass is 16.5. The van der Waals surface area contributed by atoms with Crippen LogP contribution >= 0.6 is 0 Å². The lowest BCUT2D eigenvalue weighted by molar-refractivity contribution is 0.0263. The second kappa shape index (κ2) is 4.77. The van der Waals surface area contributed by atoms with Gasteiger partial charge in [0.1, 0.15) is 0 Å². The van der Waals surface area contributed by atoms with Gasteiger partial charge in [0.25, 0.3) is 0 Å². The van der Waals surface area contributed by atoms with Crippen LogP contribution in [0.1, 0.15) is 24.0 Å². The molecule has 2 aliphatic rings. The number of rotatable bonds is 3. The predicted molar refractivity (Wildman–Crippen MR) is 67.5 cm³/mol. The van der Waals surface area contributed by atoms with E-state index in [0.717, 1.165) is 32.5 Å². The molecule has 0 saturated carbocycles. The van der Waals surface area contributed by atoms with Crippen LogP contribution in [0.4, 0.5) is 0 Å². The first-order valence-electron chi connectivity index (χ1n) is 6.50. The average molecular weight is 232 g/mol. The van der Waals surface area contributed by atoms with E-state index in [4.69, 9.17) is 10.5 Å². The zero-order valence-corrected chi connectivity index (χ0v) is 10.1. The topological polar surface area (TPSA) is 38.5 Å². The summed E-state index contributed by atoms with van der Waals surface area (Å²) < 4.78 is 5.90. The Morgan fingerprint density at radius 2 is 1.76 bits per heavy atom. The van der Waals surface area contributed by atoms with E-state index in [1.165, 1.54) is 11.1 Å². The number of nitrogens with zero attached hydrogens (tertiary/aromatic N) is 1. The molecule has 2 atom stereocenters. The number of fused-ring (bicyclic) bond motifs is 1. The first-order valence-corrected chi connectivity index (χ1v) is 6.50. The molecular formula is C14H20N2O. The smallest absolute Gasteiger partial charge is 0.0707 e. The summed E-state index contributed by atoms with van der Waals surface area (Å²) in [5, 5.41) is 0. The van der Waals surface area contributed by atoms with Gasteiger partial charge in [-0.3, -0.25) is 4.90 Å². The minimum absolute atomic E-state index is 0.296. The van der Waals surface area contributed by atoms with E-state index in [2.05, 4.69) is 29.2 Å². The summed E-state index contributed by atoms with van der Waals surface area (Å²) in [4.78, 5) is 2.48. The zero-order valence-electron chi connectivity index (χ0n) is 10.1. The molecule has 1 fully saturated rings. The van der Waals surface area contributed by atoms with Gasteiger partial charge in [-0.1, -0.05) is 24.3 Å². The monoisotopic (exact) mass is 232 g/mol. The van der Waals surface area contributed by atoms with Crippen molar-refractivity contribution < 1.29 is 4.74 Å². The summed E-state index contributed by atoms with van der Waals surface area (Å²) in [6, 6.07) is 8.71. The van der Waals surface area contributed by atoms with E-state index in [9.17, 15) is 0 Å². The van der Waals surface area contributed by atoms with Gasteiger partial charge < -0.3 is 10.5 Å². The molecule has 2 aliphatic heterocycles. The third kappa shape index (κ3) is 2.37. The molecule has 0 aliphatic carbocycles. The van der Waals surface area contributed by atoms with Gasteiger partial charge in [0.15, 0.2) is 0 Å². The largest absolute Gasteiger partial charge is 0.372 e. The van der Waals surface area contributed by atoms with Gasteiger partial charge >= 0.3 is 0 Å². The molecule has 2 heterocycles. The summed E-state index contributed by atoms with van der Waals surface area (Å²) in [5.74, 6) is 0. The average Bonchev–Trinajstić information content (AvgIpc) is 2.94. The number of nitrogens with two attached hydrogens (primary N) is 1. The van der Waals surface area contributed by atoms with Crippen LogP contribution in [-0.2, 0) is 17.8 Å². The van der Waals surface area contributed by atoms with Crippen LogP contribution in [0.5, 0.6) is 0 Å². The van der Waals surface area contributed by atoms with Gasteiger partial charge in [0, 0.05) is 26.2 Å². The Balaban J connectivity index is 1.56. The molecule has 1 aromatic rings. The lowest BCUT2D eigenvalue weighted by atomic mass is 10.1. The number of hydrogen-bond acceptors (Lipinski definition) is 3. The maximum Gasteiger partial charge on any atom is 0.0707 e. The van der Waals surface area contributed by atoms with Crippen LogP contribution < -0.4 is 5.73 Å². The van der Waals surface area contributed by atoms with Crippen LogP contribution in [0.15, 0.2) is 24.3 Å². The molecule has 1 saturated heterocycles. The summed E-state index contributed by atoms with van der Waals surface area (Å²) in [6.45, 7) is 3.86. The fraction of sp³-hybridized carbons (Fsp3) is 0.571. The zero-order chi connectivity index (χ0) is 11.7. The Bertz CT molecular complexity index is 369. The van der Waals surface area contributed by atoms with Gasteiger partial charge in [-0.15, -0.1) is 0 Å². The molecule has 0 aromatic heterocycles. The third-order valence-corrected chi connectivity index (χ3v) is 3.83. The molecule has 92 valence electrons. The van der Waals surface area contributed by atoms with E-state index in [1.807, 2.05) is 0 Å². The number of benzene rings is 1. The fourth-order valence-electron chi connectivity index (χ4n) is 2.91. The van der Waals surface area contributed by atoms with E-state index in [0.29, 0.717) is 18.8 Å². The van der Waals surface area contributed by atoms with E-state index >= 15 is 0 Å². The summed E-state index contributed by atoms with van der Waals surface area (Å²) in [5.41, 5.74) is 8.58. The molecule has 0 spiro atoms. The molecule has 0 bridgehead atoms. The molecule has 0 radical (unpaired) electrons. The Kier molecular flexibility index (Phi) is 3.14. The summed E-state index contributed by atoms with van der Waals surface area (Å²) in [6.07, 6.45) is 2.97. The van der Waals surface area contributed by atoms with Crippen LogP contribution in [0.25, 0.3) is 0 Å². The van der Waals surface area contributed by atoms with Crippen molar-refractivity contribution in [1.82, 2.24) is 4.90 Å². The molecule has 2 N–H and O–H groups in total. The standard InChI is InChI=1S/C14H20N2O/c15-7-13-5-6-14(17-13)10-16-8-11-3-1-2-4-12(11)9-16/h1-4,13-14H,5-10,15H2. The molecule has 17 heavy (non-hydrogen) atoms. The molecule has 3 nitrogen and oxygen atoms in total. The lowest BCUT2D eigenvalue weighted by Crippen LogP contribution is -2.29. The molecule has 2 unspecified atom stereocenters. The highest BCUT2D eigenvalue weighted by Crippen LogP contribution is 2.25. The Morgan fingerprint density at radius 3 is 2.35 bits per heavy atom. The van der Waals surface area contributed by atoms with Crippen molar-refractivity contribution in [2.24, 2.45) is 5.73 Å². The van der Waals surface area contributed by atoms with Crippen molar-refractivity contribution in [3.8, 4) is 0 Å². The minimum Gasteiger partial charge on any atom is -0.372 e. The van der Waals surface area contributed by atoms with E-state index in [1.54, 1.807) is 0 Å². The molecule has 3 rings (SSSR count). The summed E-state index contributed by atoms with van der Waals surface area (Å²) in [7, 11) is 0. The number of hydrogen-bond donors (Lipinski definition) is 1. The van der Waals surface area contributed by atoms with Crippen LogP contribution in [0.3, 0.4) is 0 Å². The maximum absolute atomic E-state index is 5.90. The maximum atomic E-state index is 5.90. The first kappa shape index (κ1) is 11.2. The normalized spacial score (nSPS) is 28.5. The van der Waals surface area contributed by atoms with Gasteiger partial charge in [0.05, 0.1) is 12.2 Å². The predicted octanol–water partition coefficient (Wildman–Crippen LogP) is 1.51. The third-order valence-electron chi connectivity index (χ3n) is 3.83. The van der Waals surface area contributed by atoms with Crippen molar-refractivity contribution >= 4 is 0 Å². The minimum atomic E-state index is 0.296. The quantitative estimate of drug-likeness (QED) is 0.858. The molecule has 1 aromatic carbocycles. The second-order valence-electron chi connectivity index (χ2n) is 5.13. The van der Waals surface area contributed by atoms with Crippen molar-refractivity contribution in [3.05, 3.63) is 35.4 Å². The van der Waals surface area contributed by atoms with Crippen molar-refractivity contribution in [2.75, 3.05) is 13.1 Å². The first-order chi connectivity index (χ1) is 8.35. The highest BCUT2D eigenvalue weighted by Gasteiger charge is 2.28. The number of ether oxygens (including phenoxy) is 1. The van der Waals surface area contributed by atoms with Crippen molar-refractivity contribution in [3.63, 3.8) is 0 Å². The Morgan fingerprint density at radius 1 is 1.12 bits per heavy atom. The lowest BCUT2D eigenvalue weighted by Gasteiger charge is -2.20. The van der Waals surface area contributed by atoms with E-state index in [-0.39, 0.29) is 0 Å². The highest BCUT2D eigenvalue weighted by molar-refractivity contribution is 5.30.